The molecule has 0 radical (unpaired) electrons. The fraction of sp³-hybridized carbons (Fsp3) is 0.750. The van der Waals surface area contributed by atoms with Gasteiger partial charge >= 0.3 is 0 Å². The molecule has 0 spiro atoms. The fourth-order valence-electron chi connectivity index (χ4n) is 1.72. The first-order valence-electron chi connectivity index (χ1n) is 6.00. The van der Waals surface area contributed by atoms with Gasteiger partial charge in [-0.1, -0.05) is 13.3 Å². The second-order valence-corrected chi connectivity index (χ2v) is 5.36. The van der Waals surface area contributed by atoms with Gasteiger partial charge in [-0.15, -0.1) is 11.8 Å². The number of hydrogen-bond acceptors (Lipinski definition) is 3. The highest BCUT2D eigenvalue weighted by atomic mass is 32.2. The van der Waals surface area contributed by atoms with E-state index < -0.39 is 0 Å². The number of aromatic nitrogens is 2. The van der Waals surface area contributed by atoms with Crippen molar-refractivity contribution in [3.8, 4) is 0 Å². The van der Waals surface area contributed by atoms with Gasteiger partial charge in [0.2, 0.25) is 0 Å². The summed E-state index contributed by atoms with van der Waals surface area (Å²) in [6.45, 7) is 7.58. The van der Waals surface area contributed by atoms with Crippen molar-refractivity contribution in [3.63, 3.8) is 0 Å². The zero-order valence-electron chi connectivity index (χ0n) is 10.8. The summed E-state index contributed by atoms with van der Waals surface area (Å²) in [5, 5.41) is 9.11. The van der Waals surface area contributed by atoms with Crippen molar-refractivity contribution in [1.82, 2.24) is 15.1 Å². The Hall–Kier alpha value is -0.480. The van der Waals surface area contributed by atoms with E-state index in [0.717, 1.165) is 18.0 Å². The molecule has 1 atom stereocenters. The molecular formula is C12H23N3S. The highest BCUT2D eigenvalue weighted by Crippen LogP contribution is 2.17. The lowest BCUT2D eigenvalue weighted by molar-refractivity contribution is 0.526. The molecule has 16 heavy (non-hydrogen) atoms. The number of hydrogen-bond donors (Lipinski definition) is 1. The molecule has 0 saturated heterocycles. The van der Waals surface area contributed by atoms with E-state index in [-0.39, 0.29) is 0 Å². The Labute approximate surface area is 103 Å². The average molecular weight is 241 g/mol. The molecule has 1 N–H and O–H groups in total. The molecule has 92 valence electrons. The fourth-order valence-corrected chi connectivity index (χ4v) is 2.63. The highest BCUT2D eigenvalue weighted by Gasteiger charge is 2.03. The van der Waals surface area contributed by atoms with Gasteiger partial charge in [-0.2, -0.15) is 5.10 Å². The van der Waals surface area contributed by atoms with Gasteiger partial charge in [-0.25, -0.2) is 0 Å². The van der Waals surface area contributed by atoms with Crippen LogP contribution in [0.15, 0.2) is 11.1 Å². The van der Waals surface area contributed by atoms with Crippen molar-refractivity contribution in [2.45, 2.75) is 44.7 Å². The minimum absolute atomic E-state index is 0.638. The maximum atomic E-state index is 4.33. The maximum Gasteiger partial charge on any atom is 0.0939 e. The zero-order chi connectivity index (χ0) is 12.0. The molecule has 4 heteroatoms. The summed E-state index contributed by atoms with van der Waals surface area (Å²) in [4.78, 5) is 0. The maximum absolute atomic E-state index is 4.33. The lowest BCUT2D eigenvalue weighted by atomic mass is 10.2. The summed E-state index contributed by atoms with van der Waals surface area (Å²) in [6, 6.07) is 2.78. The van der Waals surface area contributed by atoms with Crippen LogP contribution >= 0.6 is 11.8 Å². The third kappa shape index (κ3) is 4.58. The van der Waals surface area contributed by atoms with Crippen molar-refractivity contribution >= 4 is 11.8 Å². The van der Waals surface area contributed by atoms with E-state index in [1.165, 1.54) is 17.9 Å². The predicted octanol–water partition coefficient (Wildman–Crippen LogP) is 2.60. The smallest absolute Gasteiger partial charge is 0.0939 e. The van der Waals surface area contributed by atoms with Gasteiger partial charge in [0.15, 0.2) is 0 Å². The van der Waals surface area contributed by atoms with Gasteiger partial charge in [0.05, 0.1) is 10.7 Å². The van der Waals surface area contributed by atoms with E-state index in [2.05, 4.69) is 30.3 Å². The molecule has 0 fully saturated rings. The van der Waals surface area contributed by atoms with Crippen LogP contribution in [0.1, 0.15) is 32.4 Å². The second-order valence-electron chi connectivity index (χ2n) is 4.24. The van der Waals surface area contributed by atoms with Gasteiger partial charge in [0.25, 0.3) is 0 Å². The van der Waals surface area contributed by atoms with Gasteiger partial charge in [0, 0.05) is 25.4 Å². The van der Waals surface area contributed by atoms with Crippen LogP contribution in [0.5, 0.6) is 0 Å². The number of aryl methyl sites for hydroxylation is 2. The van der Waals surface area contributed by atoms with Crippen LogP contribution in [0.4, 0.5) is 0 Å². The first-order chi connectivity index (χ1) is 7.63. The minimum atomic E-state index is 0.638. The lowest BCUT2D eigenvalue weighted by Gasteiger charge is -2.11. The van der Waals surface area contributed by atoms with Gasteiger partial charge in [-0.05, 0) is 26.3 Å². The first kappa shape index (κ1) is 13.6. The molecule has 0 saturated carbocycles. The van der Waals surface area contributed by atoms with E-state index >= 15 is 0 Å². The third-order valence-electron chi connectivity index (χ3n) is 2.53. The SMILES string of the molecule is CCCC(C)NCCSc1cc(C)nn1C. The van der Waals surface area contributed by atoms with E-state index in [4.69, 9.17) is 0 Å². The number of thioether (sulfide) groups is 1. The zero-order valence-corrected chi connectivity index (χ0v) is 11.6. The second kappa shape index (κ2) is 6.97. The Morgan fingerprint density at radius 1 is 1.56 bits per heavy atom. The van der Waals surface area contributed by atoms with Crippen LogP contribution in [-0.2, 0) is 7.05 Å². The minimum Gasteiger partial charge on any atom is -0.313 e. The Balaban J connectivity index is 2.18. The van der Waals surface area contributed by atoms with Crippen LogP contribution in [0, 0.1) is 6.92 Å². The summed E-state index contributed by atoms with van der Waals surface area (Å²) < 4.78 is 1.95. The predicted molar refractivity (Wildman–Crippen MR) is 71.0 cm³/mol. The van der Waals surface area contributed by atoms with E-state index in [1.54, 1.807) is 0 Å². The molecule has 1 aromatic rings. The molecule has 1 unspecified atom stereocenters. The van der Waals surface area contributed by atoms with Crippen LogP contribution in [0.25, 0.3) is 0 Å². The number of rotatable bonds is 7. The van der Waals surface area contributed by atoms with Crippen molar-refractivity contribution in [2.75, 3.05) is 12.3 Å². The van der Waals surface area contributed by atoms with E-state index in [0.29, 0.717) is 6.04 Å². The first-order valence-corrected chi connectivity index (χ1v) is 6.99. The molecule has 1 aromatic heterocycles. The van der Waals surface area contributed by atoms with Crippen LogP contribution in [0.3, 0.4) is 0 Å². The Morgan fingerprint density at radius 3 is 2.88 bits per heavy atom. The molecule has 1 heterocycles. The normalized spacial score (nSPS) is 13.0. The van der Waals surface area contributed by atoms with Crippen molar-refractivity contribution in [3.05, 3.63) is 11.8 Å². The molecular weight excluding hydrogens is 218 g/mol. The van der Waals surface area contributed by atoms with E-state index in [9.17, 15) is 0 Å². The summed E-state index contributed by atoms with van der Waals surface area (Å²) >= 11 is 1.87. The van der Waals surface area contributed by atoms with Crippen LogP contribution in [0.2, 0.25) is 0 Å². The molecule has 1 rings (SSSR count). The quantitative estimate of drug-likeness (QED) is 0.588. The Bertz CT molecular complexity index is 309. The van der Waals surface area contributed by atoms with E-state index in [1.807, 2.05) is 30.4 Å². The molecule has 0 amide bonds. The monoisotopic (exact) mass is 241 g/mol. The average Bonchev–Trinajstić information content (AvgIpc) is 2.53. The van der Waals surface area contributed by atoms with Crippen molar-refractivity contribution in [2.24, 2.45) is 7.05 Å². The Kier molecular flexibility index (Phi) is 5.91. The highest BCUT2D eigenvalue weighted by molar-refractivity contribution is 7.99. The van der Waals surface area contributed by atoms with Gasteiger partial charge < -0.3 is 5.32 Å². The molecule has 0 aliphatic heterocycles. The number of nitrogens with zero attached hydrogens (tertiary/aromatic N) is 2. The molecule has 0 bridgehead atoms. The number of nitrogens with one attached hydrogen (secondary N) is 1. The lowest BCUT2D eigenvalue weighted by Crippen LogP contribution is -2.27. The molecule has 0 aliphatic carbocycles. The van der Waals surface area contributed by atoms with Crippen molar-refractivity contribution < 1.29 is 0 Å². The van der Waals surface area contributed by atoms with Crippen LogP contribution < -0.4 is 5.32 Å². The topological polar surface area (TPSA) is 29.9 Å². The summed E-state index contributed by atoms with van der Waals surface area (Å²) in [6.07, 6.45) is 2.51. The summed E-state index contributed by atoms with van der Waals surface area (Å²) in [7, 11) is 2.00. The van der Waals surface area contributed by atoms with Crippen molar-refractivity contribution in [1.29, 1.82) is 0 Å². The Morgan fingerprint density at radius 2 is 2.31 bits per heavy atom. The van der Waals surface area contributed by atoms with Gasteiger partial charge in [0.1, 0.15) is 0 Å². The standard InChI is InChI=1S/C12H23N3S/c1-5-6-10(2)13-7-8-16-12-9-11(3)14-15(12)4/h9-10,13H,5-8H2,1-4H3. The summed E-state index contributed by atoms with van der Waals surface area (Å²) in [5.41, 5.74) is 1.09. The largest absolute Gasteiger partial charge is 0.313 e. The molecule has 3 nitrogen and oxygen atoms in total. The molecule has 0 aliphatic rings. The van der Waals surface area contributed by atoms with Gasteiger partial charge in [-0.3, -0.25) is 4.68 Å². The molecule has 0 aromatic carbocycles. The third-order valence-corrected chi connectivity index (χ3v) is 3.61. The summed E-state index contributed by atoms with van der Waals surface area (Å²) in [5.74, 6) is 1.10. The van der Waals surface area contributed by atoms with Crippen LogP contribution in [-0.4, -0.2) is 28.1 Å².